The number of methoxy groups -OCH3 is 2. The lowest BCUT2D eigenvalue weighted by molar-refractivity contribution is -0.140. The molecule has 0 bridgehead atoms. The highest BCUT2D eigenvalue weighted by atomic mass is 79.9. The highest BCUT2D eigenvalue weighted by Gasteiger charge is 2.27. The fourth-order valence-corrected chi connectivity index (χ4v) is 3.02. The average molecular weight is 367 g/mol. The summed E-state index contributed by atoms with van der Waals surface area (Å²) in [7, 11) is -0.126. The monoisotopic (exact) mass is 366 g/mol. The molecule has 1 rings (SSSR count). The van der Waals surface area contributed by atoms with Crippen LogP contribution in [0.15, 0.2) is 21.5 Å². The third-order valence-corrected chi connectivity index (χ3v) is 5.06. The van der Waals surface area contributed by atoms with Gasteiger partial charge in [-0.05, 0) is 28.1 Å². The number of hydrogen-bond acceptors (Lipinski definition) is 6. The van der Waals surface area contributed by atoms with Gasteiger partial charge in [-0.1, -0.05) is 0 Å². The van der Waals surface area contributed by atoms with E-state index in [1.54, 1.807) is 0 Å². The average Bonchev–Trinajstić information content (AvgIpc) is 2.40. The van der Waals surface area contributed by atoms with Gasteiger partial charge in [-0.2, -0.15) is 4.31 Å². The topological polar surface area (TPSA) is 98.9 Å². The second kappa shape index (κ2) is 6.42. The van der Waals surface area contributed by atoms with Crippen LogP contribution >= 0.6 is 15.9 Å². The Morgan fingerprint density at radius 2 is 2.00 bits per heavy atom. The molecule has 112 valence electrons. The standard InChI is InChI=1S/C11H15BrN2O5S/c1-14(6-11(15)19-3)20(16,17)10-5-8(13)7(12)4-9(10)18-2/h4-5H,6,13H2,1-3H3. The first kappa shape index (κ1) is 16.7. The molecule has 1 aromatic carbocycles. The molecule has 0 fully saturated rings. The van der Waals surface area contributed by atoms with Crippen molar-refractivity contribution in [1.29, 1.82) is 0 Å². The van der Waals surface area contributed by atoms with Crippen molar-refractivity contribution < 1.29 is 22.7 Å². The van der Waals surface area contributed by atoms with Crippen molar-refractivity contribution in [3.63, 3.8) is 0 Å². The van der Waals surface area contributed by atoms with Gasteiger partial charge in [0, 0.05) is 17.2 Å². The minimum Gasteiger partial charge on any atom is -0.495 e. The molecule has 0 atom stereocenters. The number of carbonyl (C=O) groups excluding carboxylic acids is 1. The third kappa shape index (κ3) is 3.41. The molecule has 0 heterocycles. The number of nitrogens with zero attached hydrogens (tertiary/aromatic N) is 1. The van der Waals surface area contributed by atoms with Crippen molar-refractivity contribution in [3.8, 4) is 5.75 Å². The van der Waals surface area contributed by atoms with Gasteiger partial charge >= 0.3 is 5.97 Å². The van der Waals surface area contributed by atoms with Crippen molar-refractivity contribution in [2.24, 2.45) is 0 Å². The molecule has 9 heteroatoms. The largest absolute Gasteiger partial charge is 0.495 e. The number of nitrogens with two attached hydrogens (primary N) is 1. The lowest BCUT2D eigenvalue weighted by Crippen LogP contribution is -2.33. The summed E-state index contributed by atoms with van der Waals surface area (Å²) >= 11 is 3.19. The smallest absolute Gasteiger partial charge is 0.321 e. The summed E-state index contributed by atoms with van der Waals surface area (Å²) in [6, 6.07) is 2.72. The maximum Gasteiger partial charge on any atom is 0.321 e. The summed E-state index contributed by atoms with van der Waals surface area (Å²) in [6.45, 7) is -0.405. The van der Waals surface area contributed by atoms with Crippen LogP contribution < -0.4 is 10.5 Å². The molecular weight excluding hydrogens is 352 g/mol. The molecule has 0 aliphatic heterocycles. The first-order valence-corrected chi connectivity index (χ1v) is 7.63. The second-order valence-electron chi connectivity index (χ2n) is 3.86. The van der Waals surface area contributed by atoms with Gasteiger partial charge in [0.05, 0.1) is 14.2 Å². The van der Waals surface area contributed by atoms with E-state index in [2.05, 4.69) is 20.7 Å². The third-order valence-electron chi connectivity index (χ3n) is 2.55. The van der Waals surface area contributed by atoms with Crippen LogP contribution in [-0.2, 0) is 19.6 Å². The molecule has 0 aliphatic carbocycles. The minimum absolute atomic E-state index is 0.118. The van der Waals surface area contributed by atoms with Gasteiger partial charge < -0.3 is 15.2 Å². The lowest BCUT2D eigenvalue weighted by atomic mass is 10.3. The number of nitrogen functional groups attached to an aromatic ring is 1. The van der Waals surface area contributed by atoms with E-state index in [9.17, 15) is 13.2 Å². The van der Waals surface area contributed by atoms with E-state index in [1.807, 2.05) is 0 Å². The number of benzene rings is 1. The van der Waals surface area contributed by atoms with Crippen LogP contribution in [0.2, 0.25) is 0 Å². The Balaban J connectivity index is 3.28. The second-order valence-corrected chi connectivity index (χ2v) is 6.73. The maximum atomic E-state index is 12.4. The number of esters is 1. The molecule has 7 nitrogen and oxygen atoms in total. The Hall–Kier alpha value is -1.32. The SMILES string of the molecule is COC(=O)CN(C)S(=O)(=O)c1cc(N)c(Br)cc1OC. The molecule has 0 aromatic heterocycles. The minimum atomic E-state index is -3.92. The molecule has 2 N–H and O–H groups in total. The maximum absolute atomic E-state index is 12.4. The van der Waals surface area contributed by atoms with E-state index in [-0.39, 0.29) is 16.3 Å². The highest BCUT2D eigenvalue weighted by Crippen LogP contribution is 2.33. The van der Waals surface area contributed by atoms with Crippen LogP contribution in [0, 0.1) is 0 Å². The number of ether oxygens (including phenoxy) is 2. The van der Waals surface area contributed by atoms with Crippen LogP contribution in [0.4, 0.5) is 5.69 Å². The molecule has 20 heavy (non-hydrogen) atoms. The number of halogens is 1. The van der Waals surface area contributed by atoms with Crippen molar-refractivity contribution >= 4 is 37.6 Å². The van der Waals surface area contributed by atoms with Crippen molar-refractivity contribution in [1.82, 2.24) is 4.31 Å². The van der Waals surface area contributed by atoms with Gasteiger partial charge in [0.25, 0.3) is 0 Å². The molecule has 0 radical (unpaired) electrons. The normalized spacial score (nSPS) is 11.4. The molecule has 0 saturated heterocycles. The van der Waals surface area contributed by atoms with Gasteiger partial charge in [-0.15, -0.1) is 0 Å². The van der Waals surface area contributed by atoms with Crippen LogP contribution in [-0.4, -0.2) is 46.5 Å². The molecule has 0 amide bonds. The van der Waals surface area contributed by atoms with Crippen LogP contribution in [0.3, 0.4) is 0 Å². The lowest BCUT2D eigenvalue weighted by Gasteiger charge is -2.18. The summed E-state index contributed by atoms with van der Waals surface area (Å²) in [6.07, 6.45) is 0. The Labute approximate surface area is 125 Å². The van der Waals surface area contributed by atoms with Crippen molar-refractivity contribution in [2.45, 2.75) is 4.90 Å². The predicted octanol–water partition coefficient (Wildman–Crippen LogP) is 0.833. The molecule has 0 unspecified atom stereocenters. The van der Waals surface area contributed by atoms with Gasteiger partial charge in [-0.25, -0.2) is 8.42 Å². The van der Waals surface area contributed by atoms with E-state index in [4.69, 9.17) is 10.5 Å². The van der Waals surface area contributed by atoms with Crippen LogP contribution in [0.25, 0.3) is 0 Å². The highest BCUT2D eigenvalue weighted by molar-refractivity contribution is 9.10. The molecular formula is C11H15BrN2O5S. The Morgan fingerprint density at radius 1 is 1.40 bits per heavy atom. The number of anilines is 1. The number of likely N-dealkylation sites (N-methyl/N-ethyl adjacent to an activating group) is 1. The van der Waals surface area contributed by atoms with E-state index in [1.165, 1.54) is 33.4 Å². The first-order chi connectivity index (χ1) is 9.23. The fourth-order valence-electron chi connectivity index (χ4n) is 1.41. The summed E-state index contributed by atoms with van der Waals surface area (Å²) < 4.78 is 35.7. The molecule has 1 aromatic rings. The van der Waals surface area contributed by atoms with E-state index < -0.39 is 22.5 Å². The first-order valence-electron chi connectivity index (χ1n) is 5.40. The number of rotatable bonds is 5. The number of carbonyl (C=O) groups is 1. The zero-order valence-corrected chi connectivity index (χ0v) is 13.6. The summed E-state index contributed by atoms with van der Waals surface area (Å²) in [5.74, 6) is -0.539. The van der Waals surface area contributed by atoms with E-state index in [0.29, 0.717) is 4.47 Å². The number of sulfonamides is 1. The Kier molecular flexibility index (Phi) is 5.37. The summed E-state index contributed by atoms with van der Waals surface area (Å²) in [5, 5.41) is 0. The van der Waals surface area contributed by atoms with Gasteiger partial charge in [-0.3, -0.25) is 4.79 Å². The Bertz CT molecular complexity index is 617. The van der Waals surface area contributed by atoms with Crippen molar-refractivity contribution in [2.75, 3.05) is 33.5 Å². The van der Waals surface area contributed by atoms with Gasteiger partial charge in [0.2, 0.25) is 10.0 Å². The number of hydrogen-bond donors (Lipinski definition) is 1. The fraction of sp³-hybridized carbons (Fsp3) is 0.364. The van der Waals surface area contributed by atoms with Crippen molar-refractivity contribution in [3.05, 3.63) is 16.6 Å². The van der Waals surface area contributed by atoms with E-state index >= 15 is 0 Å². The predicted molar refractivity (Wildman–Crippen MR) is 76.9 cm³/mol. The van der Waals surface area contributed by atoms with Crippen LogP contribution in [0.5, 0.6) is 5.75 Å². The zero-order valence-electron chi connectivity index (χ0n) is 11.2. The van der Waals surface area contributed by atoms with Gasteiger partial charge in [0.1, 0.15) is 17.2 Å². The molecule has 0 saturated carbocycles. The Morgan fingerprint density at radius 3 is 2.50 bits per heavy atom. The molecule has 0 aliphatic rings. The molecule has 0 spiro atoms. The van der Waals surface area contributed by atoms with Gasteiger partial charge in [0.15, 0.2) is 0 Å². The quantitative estimate of drug-likeness (QED) is 0.612. The van der Waals surface area contributed by atoms with Crippen LogP contribution in [0.1, 0.15) is 0 Å². The van der Waals surface area contributed by atoms with E-state index in [0.717, 1.165) is 4.31 Å². The summed E-state index contributed by atoms with van der Waals surface area (Å²) in [5.41, 5.74) is 5.94. The summed E-state index contributed by atoms with van der Waals surface area (Å²) in [4.78, 5) is 11.1. The zero-order chi connectivity index (χ0) is 15.5.